The van der Waals surface area contributed by atoms with Gasteiger partial charge in [-0.2, -0.15) is 0 Å². The van der Waals surface area contributed by atoms with Gasteiger partial charge in [-0.3, -0.25) is 0 Å². The van der Waals surface area contributed by atoms with Crippen LogP contribution in [0.15, 0.2) is 46.6 Å². The quantitative estimate of drug-likeness (QED) is 0.0359. The number of esters is 4. The van der Waals surface area contributed by atoms with Gasteiger partial charge in [-0.15, -0.1) is 0 Å². The molecule has 25 heteroatoms. The van der Waals surface area contributed by atoms with Gasteiger partial charge in [0.25, 0.3) is 0 Å². The lowest BCUT2D eigenvalue weighted by molar-refractivity contribution is -0.414. The Morgan fingerprint density at radius 1 is 0.391 bits per heavy atom. The van der Waals surface area contributed by atoms with Crippen LogP contribution in [0, 0.1) is 0 Å². The summed E-state index contributed by atoms with van der Waals surface area (Å²) in [6, 6.07) is 0. The molecule has 4 rings (SSSR count). The molecule has 0 saturated carbocycles. The minimum absolute atomic E-state index is 0.0693. The van der Waals surface area contributed by atoms with Crippen molar-refractivity contribution in [1.29, 1.82) is 0 Å². The summed E-state index contributed by atoms with van der Waals surface area (Å²) >= 11 is 0. The van der Waals surface area contributed by atoms with E-state index in [1.807, 2.05) is 0 Å². The van der Waals surface area contributed by atoms with Crippen molar-refractivity contribution in [2.75, 3.05) is 26.4 Å². The maximum absolute atomic E-state index is 12.8. The lowest BCUT2D eigenvalue weighted by Crippen LogP contribution is -2.68. The normalized spacial score (nSPS) is 39.3. The van der Waals surface area contributed by atoms with Gasteiger partial charge in [0.15, 0.2) is 31.3 Å². The first-order chi connectivity index (χ1) is 32.5. The largest absolute Gasteiger partial charge is 0.459 e. The van der Waals surface area contributed by atoms with E-state index in [1.54, 1.807) is 20.8 Å². The molecule has 392 valence electrons. The highest BCUT2D eigenvalue weighted by molar-refractivity contribution is 5.89. The van der Waals surface area contributed by atoms with Gasteiger partial charge in [-0.1, -0.05) is 24.3 Å². The molecule has 10 N–H and O–H groups in total. The minimum Gasteiger partial charge on any atom is -0.459 e. The summed E-state index contributed by atoms with van der Waals surface area (Å²) in [7, 11) is 0. The van der Waals surface area contributed by atoms with E-state index in [0.717, 1.165) is 0 Å². The molecule has 69 heavy (non-hydrogen) atoms. The second-order valence-electron chi connectivity index (χ2n) is 16.7. The summed E-state index contributed by atoms with van der Waals surface area (Å²) in [5.41, 5.74) is 0.551. The average molecular weight is 995 g/mol. The number of carbonyl (C=O) groups is 4. The van der Waals surface area contributed by atoms with Crippen molar-refractivity contribution in [3.05, 3.63) is 46.6 Å². The second kappa shape index (κ2) is 26.0. The fourth-order valence-electron chi connectivity index (χ4n) is 7.01. The summed E-state index contributed by atoms with van der Waals surface area (Å²) in [4.78, 5) is 50.5. The van der Waals surface area contributed by atoms with Crippen molar-refractivity contribution < 1.29 is 122 Å². The Morgan fingerprint density at radius 3 is 1.10 bits per heavy atom. The van der Waals surface area contributed by atoms with Crippen LogP contribution in [-0.4, -0.2) is 224 Å². The van der Waals surface area contributed by atoms with Gasteiger partial charge in [-0.05, 0) is 55.4 Å². The standard InChI is InChI=1S/C44H66O25/c1-9-17(5)37(55)59-14-22-25(46)29(50)32(53)41(63-22)67-35-30(51)26(47)23(15-60-38(56)18(6)10-2)64-43(35)69-44-36(31(52)27(48)24(65-44)16-61-39(57)19(7)11-3)68-42-33(54)34(28(49)21(13-45)62-42)66-40(58)20(8)12-4/h9-12,21-36,41-54H,13-16H2,1-8H3/b17-9+,18-10+,19-11+,20-12+/t21-,22-,23-,24-,25-,26-,27-,28-,29+,30+,31+,32-,33-,34+,35-,36-,41+,42+,43-,44-/m1/s1. The maximum atomic E-state index is 12.8. The number of aliphatic hydroxyl groups excluding tert-OH is 10. The van der Waals surface area contributed by atoms with Crippen LogP contribution in [0.5, 0.6) is 0 Å². The Morgan fingerprint density at radius 2 is 0.725 bits per heavy atom. The van der Waals surface area contributed by atoms with Crippen LogP contribution < -0.4 is 0 Å². The monoisotopic (exact) mass is 994 g/mol. The Labute approximate surface area is 396 Å². The molecule has 0 bridgehead atoms. The van der Waals surface area contributed by atoms with Crippen LogP contribution in [0.3, 0.4) is 0 Å². The van der Waals surface area contributed by atoms with E-state index in [1.165, 1.54) is 58.9 Å². The third-order valence-electron chi connectivity index (χ3n) is 12.0. The molecule has 0 amide bonds. The molecule has 0 radical (unpaired) electrons. The Kier molecular flexibility index (Phi) is 21.8. The first kappa shape index (κ1) is 57.7. The van der Waals surface area contributed by atoms with Crippen molar-refractivity contribution >= 4 is 23.9 Å². The van der Waals surface area contributed by atoms with E-state index < -0.39 is 173 Å². The van der Waals surface area contributed by atoms with Gasteiger partial charge in [0.05, 0.1) is 6.61 Å². The predicted molar refractivity (Wildman–Crippen MR) is 227 cm³/mol. The van der Waals surface area contributed by atoms with Gasteiger partial charge < -0.3 is 103 Å². The number of hydrogen-bond donors (Lipinski definition) is 10. The molecule has 25 nitrogen and oxygen atoms in total. The van der Waals surface area contributed by atoms with Crippen LogP contribution in [0.4, 0.5) is 0 Å². The smallest absolute Gasteiger partial charge is 0.333 e. The van der Waals surface area contributed by atoms with Crippen LogP contribution in [-0.2, 0) is 71.3 Å². The van der Waals surface area contributed by atoms with Gasteiger partial charge in [0, 0.05) is 22.3 Å². The molecule has 4 heterocycles. The molecular weight excluding hydrogens is 928 g/mol. The fraction of sp³-hybridized carbons (Fsp3) is 0.727. The first-order valence-electron chi connectivity index (χ1n) is 22.1. The van der Waals surface area contributed by atoms with Crippen molar-refractivity contribution in [1.82, 2.24) is 0 Å². The molecule has 4 saturated heterocycles. The SMILES string of the molecule is C/C=C(\C)C(=O)OC[C@H]1O[C@@H](O[C@H]2[C@@H](O[C@H]3O[C@H](COC(=O)/C(C)=C/C)[C@@H](O)[C@H](O)[C@H]3O[C@@H]3O[C@H](CO)[C@@H](O)[C@H](OC(=O)/C(C)=C/C)[C@H]3O)O[C@H](COC(=O)/C(C)=C/C)[C@@H](O)[C@@H]2O)[C@H](O)[C@@H](O)[C@@H]1O. The number of rotatable bonds is 18. The number of carbonyl (C=O) groups excluding carboxylic acids is 4. The van der Waals surface area contributed by atoms with E-state index in [0.29, 0.717) is 0 Å². The summed E-state index contributed by atoms with van der Waals surface area (Å²) < 4.78 is 62.5. The molecular formula is C44H66O25. The first-order valence-corrected chi connectivity index (χ1v) is 22.1. The zero-order valence-corrected chi connectivity index (χ0v) is 39.3. The van der Waals surface area contributed by atoms with E-state index >= 15 is 0 Å². The molecule has 0 aliphatic carbocycles. The summed E-state index contributed by atoms with van der Waals surface area (Å²) in [6.45, 7) is 8.77. The molecule has 0 aromatic heterocycles. The molecule has 20 atom stereocenters. The van der Waals surface area contributed by atoms with Crippen molar-refractivity contribution in [2.45, 2.75) is 178 Å². The number of allylic oxidation sites excluding steroid dienone is 4. The molecule has 4 fully saturated rings. The molecule has 4 aliphatic rings. The number of hydrogen-bond acceptors (Lipinski definition) is 25. The topological polar surface area (TPSA) is 372 Å². The lowest BCUT2D eigenvalue weighted by Gasteiger charge is -2.49. The van der Waals surface area contributed by atoms with Crippen molar-refractivity contribution in [2.24, 2.45) is 0 Å². The Bertz CT molecular complexity index is 1870. The van der Waals surface area contributed by atoms with Gasteiger partial charge in [0.1, 0.15) is 111 Å². The van der Waals surface area contributed by atoms with Crippen LogP contribution in [0.2, 0.25) is 0 Å². The fourth-order valence-corrected chi connectivity index (χ4v) is 7.01. The molecule has 0 aromatic rings. The highest BCUT2D eigenvalue weighted by Crippen LogP contribution is 2.36. The van der Waals surface area contributed by atoms with Gasteiger partial charge >= 0.3 is 23.9 Å². The zero-order chi connectivity index (χ0) is 51.6. The van der Waals surface area contributed by atoms with Crippen LogP contribution in [0.1, 0.15) is 55.4 Å². The summed E-state index contributed by atoms with van der Waals surface area (Å²) in [6.07, 6.45) is -33.4. The minimum atomic E-state index is -2.16. The van der Waals surface area contributed by atoms with Gasteiger partial charge in [-0.25, -0.2) is 19.2 Å². The van der Waals surface area contributed by atoms with E-state index in [4.69, 9.17) is 52.1 Å². The highest BCUT2D eigenvalue weighted by atomic mass is 16.8. The summed E-state index contributed by atoms with van der Waals surface area (Å²) in [5.74, 6) is -3.50. The summed E-state index contributed by atoms with van der Waals surface area (Å²) in [5, 5.41) is 111. The molecule has 0 aromatic carbocycles. The molecule has 0 spiro atoms. The lowest BCUT2D eigenvalue weighted by atomic mass is 9.96. The Hall–Kier alpha value is -3.84. The highest BCUT2D eigenvalue weighted by Gasteiger charge is 2.56. The number of aliphatic hydroxyl groups is 10. The van der Waals surface area contributed by atoms with Crippen LogP contribution in [0.25, 0.3) is 0 Å². The predicted octanol–water partition coefficient (Wildman–Crippen LogP) is -3.68. The van der Waals surface area contributed by atoms with Crippen molar-refractivity contribution in [3.8, 4) is 0 Å². The maximum Gasteiger partial charge on any atom is 0.333 e. The third kappa shape index (κ3) is 14.0. The molecule has 4 aliphatic heterocycles. The molecule has 0 unspecified atom stereocenters. The van der Waals surface area contributed by atoms with E-state index in [2.05, 4.69) is 0 Å². The second-order valence-corrected chi connectivity index (χ2v) is 16.7. The average Bonchev–Trinajstić information content (AvgIpc) is 3.34. The van der Waals surface area contributed by atoms with Gasteiger partial charge in [0.2, 0.25) is 0 Å². The van der Waals surface area contributed by atoms with Crippen LogP contribution >= 0.6 is 0 Å². The van der Waals surface area contributed by atoms with Crippen molar-refractivity contribution in [3.63, 3.8) is 0 Å². The zero-order valence-electron chi connectivity index (χ0n) is 39.3. The van der Waals surface area contributed by atoms with E-state index in [9.17, 15) is 70.2 Å². The van der Waals surface area contributed by atoms with E-state index in [-0.39, 0.29) is 22.3 Å². The number of ether oxygens (including phenoxy) is 11. The third-order valence-corrected chi connectivity index (χ3v) is 12.0. The Balaban J connectivity index is 1.76.